The Morgan fingerprint density at radius 1 is 1.18 bits per heavy atom. The lowest BCUT2D eigenvalue weighted by molar-refractivity contribution is -0.141. The molecule has 6 nitrogen and oxygen atoms in total. The molecule has 1 aromatic carbocycles. The number of methoxy groups -OCH3 is 1. The van der Waals surface area contributed by atoms with Crippen molar-refractivity contribution >= 4 is 17.6 Å². The van der Waals surface area contributed by atoms with E-state index in [9.17, 15) is 9.59 Å². The van der Waals surface area contributed by atoms with E-state index in [0.717, 1.165) is 38.5 Å². The van der Waals surface area contributed by atoms with Crippen molar-refractivity contribution in [1.82, 2.24) is 4.90 Å². The molecule has 2 rings (SSSR count). The molecule has 0 unspecified atom stereocenters. The molecule has 1 saturated heterocycles. The fourth-order valence-electron chi connectivity index (χ4n) is 2.25. The predicted molar refractivity (Wildman–Crippen MR) is 82.4 cm³/mol. The summed E-state index contributed by atoms with van der Waals surface area (Å²) in [7, 11) is 1.31. The van der Waals surface area contributed by atoms with Gasteiger partial charge in [0.25, 0.3) is 0 Å². The van der Waals surface area contributed by atoms with Crippen molar-refractivity contribution in [3.05, 3.63) is 29.8 Å². The third kappa shape index (κ3) is 5.46. The van der Waals surface area contributed by atoms with Crippen LogP contribution in [0.5, 0.6) is 0 Å². The number of nitrogens with one attached hydrogen (secondary N) is 1. The minimum Gasteiger partial charge on any atom is -0.469 e. The van der Waals surface area contributed by atoms with Crippen LogP contribution in [0.15, 0.2) is 24.3 Å². The quantitative estimate of drug-likeness (QED) is 0.805. The third-order valence-corrected chi connectivity index (χ3v) is 3.53. The van der Waals surface area contributed by atoms with Crippen LogP contribution in [0.25, 0.3) is 0 Å². The van der Waals surface area contributed by atoms with Crippen molar-refractivity contribution in [1.29, 1.82) is 0 Å². The van der Waals surface area contributed by atoms with Gasteiger partial charge >= 0.3 is 5.97 Å². The SMILES string of the molecule is COC(=O)CCC(=O)Nc1ccc(CN2CCOCC2)cc1. The molecule has 0 radical (unpaired) electrons. The molecule has 0 aliphatic carbocycles. The molecule has 1 amide bonds. The summed E-state index contributed by atoms with van der Waals surface area (Å²) in [5.74, 6) is -0.567. The fourth-order valence-corrected chi connectivity index (χ4v) is 2.25. The van der Waals surface area contributed by atoms with Gasteiger partial charge < -0.3 is 14.8 Å². The van der Waals surface area contributed by atoms with Crippen molar-refractivity contribution in [3.63, 3.8) is 0 Å². The highest BCUT2D eigenvalue weighted by molar-refractivity contribution is 5.92. The van der Waals surface area contributed by atoms with Crippen LogP contribution >= 0.6 is 0 Å². The van der Waals surface area contributed by atoms with Gasteiger partial charge in [-0.1, -0.05) is 12.1 Å². The van der Waals surface area contributed by atoms with Crippen LogP contribution in [0.2, 0.25) is 0 Å². The molecule has 1 heterocycles. The Hall–Kier alpha value is -1.92. The van der Waals surface area contributed by atoms with E-state index in [0.29, 0.717) is 0 Å². The summed E-state index contributed by atoms with van der Waals surface area (Å²) in [5.41, 5.74) is 1.94. The molecule has 1 aliphatic rings. The molecule has 0 aromatic heterocycles. The largest absolute Gasteiger partial charge is 0.469 e. The second-order valence-electron chi connectivity index (χ2n) is 5.21. The normalized spacial score (nSPS) is 15.3. The number of carbonyl (C=O) groups is 2. The number of anilines is 1. The number of hydrogen-bond donors (Lipinski definition) is 1. The summed E-state index contributed by atoms with van der Waals surface area (Å²) in [5, 5.41) is 2.77. The number of rotatable bonds is 6. The average molecular weight is 306 g/mol. The zero-order valence-electron chi connectivity index (χ0n) is 12.8. The number of ether oxygens (including phenoxy) is 2. The molecule has 6 heteroatoms. The number of esters is 1. The first-order valence-corrected chi connectivity index (χ1v) is 7.43. The van der Waals surface area contributed by atoms with Gasteiger partial charge in [0.05, 0.1) is 26.7 Å². The molecule has 0 atom stereocenters. The molecule has 1 N–H and O–H groups in total. The molecule has 1 fully saturated rings. The van der Waals surface area contributed by atoms with E-state index in [2.05, 4.69) is 15.0 Å². The van der Waals surface area contributed by atoms with Gasteiger partial charge in [0.1, 0.15) is 0 Å². The molecule has 0 bridgehead atoms. The monoisotopic (exact) mass is 306 g/mol. The summed E-state index contributed by atoms with van der Waals surface area (Å²) in [6.45, 7) is 4.36. The maximum absolute atomic E-state index is 11.7. The number of benzene rings is 1. The Morgan fingerprint density at radius 3 is 2.50 bits per heavy atom. The Bertz CT molecular complexity index is 495. The van der Waals surface area contributed by atoms with Crippen LogP contribution < -0.4 is 5.32 Å². The van der Waals surface area contributed by atoms with E-state index in [-0.39, 0.29) is 24.7 Å². The maximum atomic E-state index is 11.7. The van der Waals surface area contributed by atoms with Crippen LogP contribution in [-0.2, 0) is 25.6 Å². The highest BCUT2D eigenvalue weighted by atomic mass is 16.5. The Labute approximate surface area is 130 Å². The van der Waals surface area contributed by atoms with E-state index in [4.69, 9.17) is 4.74 Å². The summed E-state index contributed by atoms with van der Waals surface area (Å²) in [4.78, 5) is 25.0. The van der Waals surface area contributed by atoms with Crippen molar-refractivity contribution in [2.45, 2.75) is 19.4 Å². The zero-order chi connectivity index (χ0) is 15.8. The number of nitrogens with zero attached hydrogens (tertiary/aromatic N) is 1. The van der Waals surface area contributed by atoms with Gasteiger partial charge in [0.15, 0.2) is 0 Å². The second-order valence-corrected chi connectivity index (χ2v) is 5.21. The second kappa shape index (κ2) is 8.51. The van der Waals surface area contributed by atoms with Gasteiger partial charge in [-0.2, -0.15) is 0 Å². The van der Waals surface area contributed by atoms with Crippen molar-refractivity contribution < 1.29 is 19.1 Å². The lowest BCUT2D eigenvalue weighted by atomic mass is 10.2. The topological polar surface area (TPSA) is 67.9 Å². The average Bonchev–Trinajstić information content (AvgIpc) is 2.55. The lowest BCUT2D eigenvalue weighted by Crippen LogP contribution is -2.35. The Morgan fingerprint density at radius 2 is 1.86 bits per heavy atom. The van der Waals surface area contributed by atoms with E-state index in [1.807, 2.05) is 24.3 Å². The van der Waals surface area contributed by atoms with E-state index in [1.165, 1.54) is 12.7 Å². The molecule has 120 valence electrons. The van der Waals surface area contributed by atoms with Gasteiger partial charge in [-0.05, 0) is 17.7 Å². The molecule has 0 spiro atoms. The molecule has 0 saturated carbocycles. The van der Waals surface area contributed by atoms with Crippen LogP contribution in [0.4, 0.5) is 5.69 Å². The lowest BCUT2D eigenvalue weighted by Gasteiger charge is -2.26. The van der Waals surface area contributed by atoms with Crippen molar-refractivity contribution in [2.24, 2.45) is 0 Å². The maximum Gasteiger partial charge on any atom is 0.306 e. The minimum absolute atomic E-state index is 0.0947. The summed E-state index contributed by atoms with van der Waals surface area (Å²) < 4.78 is 9.83. The molecule has 22 heavy (non-hydrogen) atoms. The molecular weight excluding hydrogens is 284 g/mol. The number of hydrogen-bond acceptors (Lipinski definition) is 5. The predicted octanol–water partition coefficient (Wildman–Crippen LogP) is 1.41. The highest BCUT2D eigenvalue weighted by Gasteiger charge is 2.11. The van der Waals surface area contributed by atoms with Gasteiger partial charge in [-0.25, -0.2) is 0 Å². The van der Waals surface area contributed by atoms with Crippen molar-refractivity contribution in [2.75, 3.05) is 38.7 Å². The first-order valence-electron chi connectivity index (χ1n) is 7.43. The van der Waals surface area contributed by atoms with Gasteiger partial charge in [-0.15, -0.1) is 0 Å². The highest BCUT2D eigenvalue weighted by Crippen LogP contribution is 2.13. The van der Waals surface area contributed by atoms with Gasteiger partial charge in [-0.3, -0.25) is 14.5 Å². The first kappa shape index (κ1) is 16.5. The Balaban J connectivity index is 1.78. The standard InChI is InChI=1S/C16H22N2O4/c1-21-16(20)7-6-15(19)17-14-4-2-13(3-5-14)12-18-8-10-22-11-9-18/h2-5H,6-12H2,1H3,(H,17,19). The van der Waals surface area contributed by atoms with Crippen molar-refractivity contribution in [3.8, 4) is 0 Å². The third-order valence-electron chi connectivity index (χ3n) is 3.53. The van der Waals surface area contributed by atoms with Crippen LogP contribution in [0.3, 0.4) is 0 Å². The number of morpholine rings is 1. The van der Waals surface area contributed by atoms with Gasteiger partial charge in [0.2, 0.25) is 5.91 Å². The zero-order valence-corrected chi connectivity index (χ0v) is 12.8. The first-order chi connectivity index (χ1) is 10.7. The molecule has 1 aliphatic heterocycles. The van der Waals surface area contributed by atoms with E-state index < -0.39 is 0 Å². The number of carbonyl (C=O) groups excluding carboxylic acids is 2. The number of amides is 1. The smallest absolute Gasteiger partial charge is 0.306 e. The molecule has 1 aromatic rings. The summed E-state index contributed by atoms with van der Waals surface area (Å²) in [6.07, 6.45) is 0.222. The van der Waals surface area contributed by atoms with Gasteiger partial charge in [0, 0.05) is 31.7 Å². The molecular formula is C16H22N2O4. The Kier molecular flexibility index (Phi) is 6.36. The summed E-state index contributed by atoms with van der Waals surface area (Å²) in [6, 6.07) is 7.77. The van der Waals surface area contributed by atoms with Crippen LogP contribution in [-0.4, -0.2) is 50.2 Å². The van der Waals surface area contributed by atoms with E-state index >= 15 is 0 Å². The fraction of sp³-hybridized carbons (Fsp3) is 0.500. The van der Waals surface area contributed by atoms with Crippen LogP contribution in [0.1, 0.15) is 18.4 Å². The van der Waals surface area contributed by atoms with Crippen LogP contribution in [0, 0.1) is 0 Å². The summed E-state index contributed by atoms with van der Waals surface area (Å²) >= 11 is 0. The minimum atomic E-state index is -0.379. The van der Waals surface area contributed by atoms with E-state index in [1.54, 1.807) is 0 Å².